The fourth-order valence-corrected chi connectivity index (χ4v) is 4.01. The molecule has 4 nitrogen and oxygen atoms in total. The Labute approximate surface area is 179 Å². The number of halogens is 1. The zero-order valence-electron chi connectivity index (χ0n) is 16.2. The number of benzene rings is 3. The normalized spacial score (nSPS) is 10.9. The van der Waals surface area contributed by atoms with Gasteiger partial charge in [0.05, 0.1) is 7.11 Å². The van der Waals surface area contributed by atoms with E-state index in [1.807, 2.05) is 42.5 Å². The molecule has 0 unspecified atom stereocenters. The number of rotatable bonds is 6. The minimum atomic E-state index is 0.698. The van der Waals surface area contributed by atoms with E-state index in [4.69, 9.17) is 16.3 Å². The molecule has 0 aliphatic rings. The minimum Gasteiger partial charge on any atom is -0.497 e. The number of methoxy groups -OCH3 is 1. The fraction of sp³-hybridized carbons (Fsp3) is 0.130. The minimum absolute atomic E-state index is 0.698. The molecule has 3 aromatic carbocycles. The van der Waals surface area contributed by atoms with E-state index >= 15 is 0 Å². The van der Waals surface area contributed by atoms with Crippen LogP contribution in [-0.4, -0.2) is 21.9 Å². The van der Waals surface area contributed by atoms with Gasteiger partial charge in [-0.15, -0.1) is 10.2 Å². The lowest BCUT2D eigenvalue weighted by Gasteiger charge is -2.11. The van der Waals surface area contributed by atoms with Crippen molar-refractivity contribution in [2.45, 2.75) is 17.8 Å². The number of nitrogens with zero attached hydrogens (tertiary/aromatic N) is 3. The van der Waals surface area contributed by atoms with Crippen LogP contribution < -0.4 is 4.74 Å². The lowest BCUT2D eigenvalue weighted by molar-refractivity contribution is 0.414. The first-order valence-corrected chi connectivity index (χ1v) is 10.5. The zero-order valence-corrected chi connectivity index (χ0v) is 17.7. The highest BCUT2D eigenvalue weighted by Crippen LogP contribution is 2.31. The van der Waals surface area contributed by atoms with Gasteiger partial charge >= 0.3 is 0 Å². The van der Waals surface area contributed by atoms with Crippen molar-refractivity contribution in [1.82, 2.24) is 14.8 Å². The molecule has 0 atom stereocenters. The molecule has 4 aromatic rings. The third kappa shape index (κ3) is 4.47. The van der Waals surface area contributed by atoms with Crippen LogP contribution in [0.25, 0.3) is 17.1 Å². The Hall–Kier alpha value is -2.76. The molecular weight excluding hydrogens is 402 g/mol. The lowest BCUT2D eigenvalue weighted by atomic mass is 10.1. The van der Waals surface area contributed by atoms with Crippen LogP contribution in [0.1, 0.15) is 11.1 Å². The molecule has 4 rings (SSSR count). The van der Waals surface area contributed by atoms with Crippen molar-refractivity contribution in [1.29, 1.82) is 0 Å². The van der Waals surface area contributed by atoms with E-state index in [-0.39, 0.29) is 0 Å². The monoisotopic (exact) mass is 421 g/mol. The zero-order chi connectivity index (χ0) is 20.2. The first-order chi connectivity index (χ1) is 14.1. The van der Waals surface area contributed by atoms with Crippen molar-refractivity contribution >= 4 is 23.4 Å². The Balaban J connectivity index is 1.71. The second kappa shape index (κ2) is 8.72. The molecule has 0 fully saturated rings. The Morgan fingerprint density at radius 1 is 0.966 bits per heavy atom. The summed E-state index contributed by atoms with van der Waals surface area (Å²) in [5, 5.41) is 10.5. The van der Waals surface area contributed by atoms with E-state index in [2.05, 4.69) is 52.0 Å². The quantitative estimate of drug-likeness (QED) is 0.347. The summed E-state index contributed by atoms with van der Waals surface area (Å²) in [5.41, 5.74) is 4.37. The first-order valence-electron chi connectivity index (χ1n) is 9.18. The van der Waals surface area contributed by atoms with Gasteiger partial charge in [0, 0.05) is 22.0 Å². The number of aromatic nitrogens is 3. The topological polar surface area (TPSA) is 39.9 Å². The molecule has 1 heterocycles. The van der Waals surface area contributed by atoms with E-state index in [1.165, 1.54) is 5.56 Å². The van der Waals surface area contributed by atoms with E-state index in [9.17, 15) is 0 Å². The highest BCUT2D eigenvalue weighted by Gasteiger charge is 2.16. The Bertz CT molecular complexity index is 1110. The van der Waals surface area contributed by atoms with E-state index < -0.39 is 0 Å². The molecule has 0 aliphatic carbocycles. The van der Waals surface area contributed by atoms with Gasteiger partial charge in [-0.3, -0.25) is 4.57 Å². The van der Waals surface area contributed by atoms with Crippen molar-refractivity contribution in [2.75, 3.05) is 7.11 Å². The molecule has 1 aromatic heterocycles. The van der Waals surface area contributed by atoms with E-state index in [1.54, 1.807) is 18.9 Å². The fourth-order valence-electron chi connectivity index (χ4n) is 2.99. The molecule has 6 heteroatoms. The van der Waals surface area contributed by atoms with Crippen molar-refractivity contribution < 1.29 is 4.74 Å². The van der Waals surface area contributed by atoms with Gasteiger partial charge < -0.3 is 4.74 Å². The molecule has 0 saturated carbocycles. The van der Waals surface area contributed by atoms with Crippen LogP contribution >= 0.6 is 23.4 Å². The largest absolute Gasteiger partial charge is 0.497 e. The second-order valence-electron chi connectivity index (χ2n) is 6.62. The average Bonchev–Trinajstić information content (AvgIpc) is 3.17. The third-order valence-electron chi connectivity index (χ3n) is 4.53. The van der Waals surface area contributed by atoms with Gasteiger partial charge in [-0.2, -0.15) is 0 Å². The molecule has 0 spiro atoms. The summed E-state index contributed by atoms with van der Waals surface area (Å²) in [4.78, 5) is 0. The van der Waals surface area contributed by atoms with Crippen LogP contribution in [-0.2, 0) is 5.75 Å². The number of hydrogen-bond acceptors (Lipinski definition) is 4. The number of thioether (sulfide) groups is 1. The second-order valence-corrected chi connectivity index (χ2v) is 8.00. The van der Waals surface area contributed by atoms with Gasteiger partial charge in [0.15, 0.2) is 11.0 Å². The summed E-state index contributed by atoms with van der Waals surface area (Å²) in [7, 11) is 1.68. The Morgan fingerprint density at radius 2 is 1.72 bits per heavy atom. The molecule has 0 bridgehead atoms. The lowest BCUT2D eigenvalue weighted by Crippen LogP contribution is -2.00. The van der Waals surface area contributed by atoms with Gasteiger partial charge in [-0.1, -0.05) is 65.3 Å². The molecule has 0 N–H and O–H groups in total. The van der Waals surface area contributed by atoms with Gasteiger partial charge in [-0.25, -0.2) is 0 Å². The maximum atomic E-state index is 6.10. The Kier molecular flexibility index (Phi) is 5.88. The van der Waals surface area contributed by atoms with Crippen molar-refractivity contribution in [3.8, 4) is 22.8 Å². The van der Waals surface area contributed by atoms with Gasteiger partial charge in [0.2, 0.25) is 0 Å². The summed E-state index contributed by atoms with van der Waals surface area (Å²) in [5.74, 6) is 2.42. The summed E-state index contributed by atoms with van der Waals surface area (Å²) in [6, 6.07) is 24.1. The predicted octanol–water partition coefficient (Wildman–Crippen LogP) is 6.20. The van der Waals surface area contributed by atoms with Gasteiger partial charge in [0.1, 0.15) is 5.75 Å². The summed E-state index contributed by atoms with van der Waals surface area (Å²) < 4.78 is 7.40. The SMILES string of the molecule is COc1cccc(CSc2nnc(-c3ccc(C)cc3)n2-c2ccc(Cl)cc2)c1. The van der Waals surface area contributed by atoms with Crippen LogP contribution in [0.5, 0.6) is 5.75 Å². The van der Waals surface area contributed by atoms with Crippen LogP contribution in [0.2, 0.25) is 5.02 Å². The standard InChI is InChI=1S/C23H20ClN3OS/c1-16-6-8-18(9-7-16)22-25-26-23(27(22)20-12-10-19(24)11-13-20)29-15-17-4-3-5-21(14-17)28-2/h3-14H,15H2,1-2H3. The smallest absolute Gasteiger partial charge is 0.196 e. The van der Waals surface area contributed by atoms with Crippen molar-refractivity contribution in [3.05, 3.63) is 88.9 Å². The number of aryl methyl sites for hydroxylation is 1. The molecule has 29 heavy (non-hydrogen) atoms. The Morgan fingerprint density at radius 3 is 2.45 bits per heavy atom. The van der Waals surface area contributed by atoms with Gasteiger partial charge in [-0.05, 0) is 48.9 Å². The number of ether oxygens (including phenoxy) is 1. The van der Waals surface area contributed by atoms with Crippen LogP contribution in [0.15, 0.2) is 78.0 Å². The van der Waals surface area contributed by atoms with Crippen molar-refractivity contribution in [3.63, 3.8) is 0 Å². The number of hydrogen-bond donors (Lipinski definition) is 0. The van der Waals surface area contributed by atoms with Crippen molar-refractivity contribution in [2.24, 2.45) is 0 Å². The summed E-state index contributed by atoms with van der Waals surface area (Å²) in [6.45, 7) is 2.07. The molecule has 0 radical (unpaired) electrons. The molecule has 0 saturated heterocycles. The highest BCUT2D eigenvalue weighted by molar-refractivity contribution is 7.98. The molecule has 146 valence electrons. The molecular formula is C23H20ClN3OS. The molecule has 0 aliphatic heterocycles. The summed E-state index contributed by atoms with van der Waals surface area (Å²) >= 11 is 7.74. The van der Waals surface area contributed by atoms with E-state index in [0.717, 1.165) is 39.3 Å². The maximum Gasteiger partial charge on any atom is 0.196 e. The average molecular weight is 422 g/mol. The third-order valence-corrected chi connectivity index (χ3v) is 5.78. The van der Waals surface area contributed by atoms with E-state index in [0.29, 0.717) is 5.02 Å². The van der Waals surface area contributed by atoms with Crippen LogP contribution in [0.4, 0.5) is 0 Å². The first kappa shape index (κ1) is 19.6. The predicted molar refractivity (Wildman–Crippen MR) is 119 cm³/mol. The van der Waals surface area contributed by atoms with Gasteiger partial charge in [0.25, 0.3) is 0 Å². The highest BCUT2D eigenvalue weighted by atomic mass is 35.5. The van der Waals surface area contributed by atoms with Crippen LogP contribution in [0.3, 0.4) is 0 Å². The summed E-state index contributed by atoms with van der Waals surface area (Å²) in [6.07, 6.45) is 0. The molecule has 0 amide bonds. The van der Waals surface area contributed by atoms with Crippen LogP contribution in [0, 0.1) is 6.92 Å². The maximum absolute atomic E-state index is 6.10.